The molecule has 5 rings (SSSR count). The van der Waals surface area contributed by atoms with Gasteiger partial charge < -0.3 is 19.5 Å². The molecule has 3 aromatic heterocycles. The Morgan fingerprint density at radius 1 is 1.12 bits per heavy atom. The van der Waals surface area contributed by atoms with Crippen molar-refractivity contribution in [2.45, 2.75) is 11.5 Å². The smallest absolute Gasteiger partial charge is 0.289 e. The molecule has 1 N–H and O–H groups in total. The number of anilines is 3. The van der Waals surface area contributed by atoms with E-state index in [1.54, 1.807) is 23.2 Å². The van der Waals surface area contributed by atoms with E-state index in [0.29, 0.717) is 42.4 Å². The summed E-state index contributed by atoms with van der Waals surface area (Å²) in [6, 6.07) is 11.6. The lowest BCUT2D eigenvalue weighted by atomic mass is 10.2. The van der Waals surface area contributed by atoms with Crippen LogP contribution in [0.3, 0.4) is 0 Å². The fourth-order valence-corrected chi connectivity index (χ4v) is 4.21. The van der Waals surface area contributed by atoms with Crippen molar-refractivity contribution in [2.75, 3.05) is 36.4 Å². The van der Waals surface area contributed by atoms with E-state index < -0.39 is 0 Å². The minimum absolute atomic E-state index is 0.0873. The van der Waals surface area contributed by atoms with Crippen molar-refractivity contribution in [3.63, 3.8) is 0 Å². The van der Waals surface area contributed by atoms with E-state index in [4.69, 9.17) is 14.4 Å². The van der Waals surface area contributed by atoms with Gasteiger partial charge in [-0.2, -0.15) is 15.1 Å². The number of halogens is 1. The van der Waals surface area contributed by atoms with Crippen LogP contribution in [0.5, 0.6) is 0 Å². The minimum atomic E-state index is -0.0873. The number of hydrogen-bond donors (Lipinski definition) is 1. The molecule has 164 valence electrons. The van der Waals surface area contributed by atoms with Gasteiger partial charge in [-0.05, 0) is 31.2 Å². The number of aromatic nitrogens is 4. The molecule has 0 radical (unpaired) electrons. The van der Waals surface area contributed by atoms with Crippen LogP contribution >= 0.6 is 22.6 Å². The van der Waals surface area contributed by atoms with Crippen molar-refractivity contribution < 1.29 is 9.21 Å². The fraction of sp³-hybridized carbons (Fsp3) is 0.273. The standard InChI is InChI=1S/C22H22IN7O2/c1-15-4-6-16(7-5-15)25-19-17-13-24-30(14-23)20(17)27-22(26-19)29-10-8-28(9-11-29)21(31)18-3-2-12-32-18/h2-7,12-13H,8-11,14H2,1H3,(H,25,26,27). The molecule has 0 bridgehead atoms. The van der Waals surface area contributed by atoms with Gasteiger partial charge in [-0.3, -0.25) is 4.79 Å². The molecule has 0 atom stereocenters. The Kier molecular flexibility index (Phi) is 5.68. The second-order valence-electron chi connectivity index (χ2n) is 7.62. The molecule has 0 aliphatic carbocycles. The van der Waals surface area contributed by atoms with Gasteiger partial charge in [0.1, 0.15) is 5.82 Å². The molecule has 4 aromatic rings. The highest BCUT2D eigenvalue weighted by atomic mass is 127. The lowest BCUT2D eigenvalue weighted by Gasteiger charge is -2.34. The van der Waals surface area contributed by atoms with Crippen molar-refractivity contribution in [2.24, 2.45) is 0 Å². The number of piperazine rings is 1. The highest BCUT2D eigenvalue weighted by Gasteiger charge is 2.26. The number of carbonyl (C=O) groups is 1. The fourth-order valence-electron chi connectivity index (χ4n) is 3.71. The van der Waals surface area contributed by atoms with E-state index in [2.05, 4.69) is 57.0 Å². The van der Waals surface area contributed by atoms with E-state index in [9.17, 15) is 4.79 Å². The molecule has 0 spiro atoms. The zero-order valence-corrected chi connectivity index (χ0v) is 19.7. The average Bonchev–Trinajstić information content (AvgIpc) is 3.50. The van der Waals surface area contributed by atoms with Gasteiger partial charge in [0.25, 0.3) is 5.91 Å². The number of nitrogens with one attached hydrogen (secondary N) is 1. The minimum Gasteiger partial charge on any atom is -0.459 e. The Morgan fingerprint density at radius 2 is 1.91 bits per heavy atom. The summed E-state index contributed by atoms with van der Waals surface area (Å²) in [7, 11) is 0. The third-order valence-electron chi connectivity index (χ3n) is 5.49. The van der Waals surface area contributed by atoms with Gasteiger partial charge in [0.05, 0.1) is 22.4 Å². The molecule has 10 heteroatoms. The zero-order valence-electron chi connectivity index (χ0n) is 17.5. The number of hydrogen-bond acceptors (Lipinski definition) is 7. The van der Waals surface area contributed by atoms with Gasteiger partial charge in [-0.25, -0.2) is 4.68 Å². The molecule has 1 amide bonds. The number of furan rings is 1. The molecule has 4 heterocycles. The van der Waals surface area contributed by atoms with Crippen molar-refractivity contribution in [3.8, 4) is 0 Å². The maximum atomic E-state index is 12.6. The van der Waals surface area contributed by atoms with Gasteiger partial charge >= 0.3 is 0 Å². The summed E-state index contributed by atoms with van der Waals surface area (Å²) in [5.74, 6) is 1.63. The van der Waals surface area contributed by atoms with Crippen LogP contribution in [0.2, 0.25) is 0 Å². The monoisotopic (exact) mass is 543 g/mol. The van der Waals surface area contributed by atoms with Crippen LogP contribution in [0, 0.1) is 6.92 Å². The van der Waals surface area contributed by atoms with Crippen LogP contribution in [0.15, 0.2) is 53.3 Å². The number of carbonyl (C=O) groups excluding carboxylic acids is 1. The molecule has 1 aliphatic rings. The molecule has 9 nitrogen and oxygen atoms in total. The Morgan fingerprint density at radius 3 is 2.59 bits per heavy atom. The second kappa shape index (κ2) is 8.77. The van der Waals surface area contributed by atoms with Crippen LogP contribution in [0.4, 0.5) is 17.5 Å². The number of amides is 1. The summed E-state index contributed by atoms with van der Waals surface area (Å²) < 4.78 is 7.80. The maximum Gasteiger partial charge on any atom is 0.289 e. The summed E-state index contributed by atoms with van der Waals surface area (Å²) in [4.78, 5) is 26.1. The van der Waals surface area contributed by atoms with Gasteiger partial charge in [0.2, 0.25) is 5.95 Å². The van der Waals surface area contributed by atoms with Crippen LogP contribution < -0.4 is 10.2 Å². The first kappa shape index (κ1) is 20.7. The largest absolute Gasteiger partial charge is 0.459 e. The molecule has 1 aliphatic heterocycles. The van der Waals surface area contributed by atoms with Crippen molar-refractivity contribution in [1.29, 1.82) is 0 Å². The van der Waals surface area contributed by atoms with Gasteiger partial charge in [-0.15, -0.1) is 0 Å². The number of alkyl halides is 1. The van der Waals surface area contributed by atoms with Gasteiger partial charge in [-0.1, -0.05) is 40.3 Å². The number of benzene rings is 1. The molecule has 1 saturated heterocycles. The van der Waals surface area contributed by atoms with E-state index in [0.717, 1.165) is 22.5 Å². The predicted molar refractivity (Wildman–Crippen MR) is 131 cm³/mol. The summed E-state index contributed by atoms with van der Waals surface area (Å²) in [5.41, 5.74) is 2.94. The van der Waals surface area contributed by atoms with Crippen molar-refractivity contribution >= 4 is 57.0 Å². The first-order valence-corrected chi connectivity index (χ1v) is 11.9. The molecule has 0 saturated carbocycles. The lowest BCUT2D eigenvalue weighted by molar-refractivity contribution is 0.0714. The summed E-state index contributed by atoms with van der Waals surface area (Å²) >= 11 is 2.27. The third kappa shape index (κ3) is 4.01. The molecular weight excluding hydrogens is 521 g/mol. The first-order chi connectivity index (χ1) is 15.6. The Labute approximate surface area is 198 Å². The lowest BCUT2D eigenvalue weighted by Crippen LogP contribution is -2.49. The van der Waals surface area contributed by atoms with Crippen LogP contribution in [0.1, 0.15) is 16.1 Å². The Bertz CT molecular complexity index is 1230. The Hall–Kier alpha value is -3.15. The van der Waals surface area contributed by atoms with E-state index in [-0.39, 0.29) is 5.91 Å². The molecule has 1 fully saturated rings. The number of nitrogens with zero attached hydrogens (tertiary/aromatic N) is 6. The van der Waals surface area contributed by atoms with Crippen molar-refractivity contribution in [1.82, 2.24) is 24.6 Å². The molecule has 0 unspecified atom stereocenters. The van der Waals surface area contributed by atoms with Gasteiger partial charge in [0.15, 0.2) is 11.4 Å². The molecule has 32 heavy (non-hydrogen) atoms. The molecular formula is C22H22IN7O2. The van der Waals surface area contributed by atoms with Crippen LogP contribution in [-0.2, 0) is 4.55 Å². The van der Waals surface area contributed by atoms with E-state index >= 15 is 0 Å². The average molecular weight is 543 g/mol. The normalized spacial score (nSPS) is 14.2. The highest BCUT2D eigenvalue weighted by Crippen LogP contribution is 2.27. The van der Waals surface area contributed by atoms with Crippen molar-refractivity contribution in [3.05, 3.63) is 60.2 Å². The maximum absolute atomic E-state index is 12.6. The van der Waals surface area contributed by atoms with E-state index in [1.165, 1.54) is 11.8 Å². The number of rotatable bonds is 5. The quantitative estimate of drug-likeness (QED) is 0.302. The molecule has 1 aromatic carbocycles. The van der Waals surface area contributed by atoms with Gasteiger partial charge in [0, 0.05) is 31.9 Å². The summed E-state index contributed by atoms with van der Waals surface area (Å²) in [6.07, 6.45) is 3.32. The highest BCUT2D eigenvalue weighted by molar-refractivity contribution is 14.1. The predicted octanol–water partition coefficient (Wildman–Crippen LogP) is 3.83. The topological polar surface area (TPSA) is 92.3 Å². The third-order valence-corrected chi connectivity index (χ3v) is 6.14. The Balaban J connectivity index is 1.41. The summed E-state index contributed by atoms with van der Waals surface area (Å²) in [6.45, 7) is 4.49. The van der Waals surface area contributed by atoms with Crippen LogP contribution in [-0.4, -0.2) is 56.7 Å². The number of aryl methyl sites for hydroxylation is 1. The number of fused-ring (bicyclic) bond motifs is 1. The zero-order chi connectivity index (χ0) is 22.1. The van der Waals surface area contributed by atoms with Crippen LogP contribution in [0.25, 0.3) is 11.0 Å². The second-order valence-corrected chi connectivity index (χ2v) is 8.30. The summed E-state index contributed by atoms with van der Waals surface area (Å²) in [5, 5.41) is 8.76. The SMILES string of the molecule is Cc1ccc(Nc2nc(N3CCN(C(=O)c4ccco4)CC3)nc3c2cnn3CI)cc1. The van der Waals surface area contributed by atoms with E-state index in [1.807, 2.05) is 16.8 Å². The first-order valence-electron chi connectivity index (χ1n) is 10.3.